The van der Waals surface area contributed by atoms with Crippen molar-refractivity contribution in [3.63, 3.8) is 0 Å². The zero-order valence-corrected chi connectivity index (χ0v) is 12.1. The van der Waals surface area contributed by atoms with E-state index >= 15 is 0 Å². The fraction of sp³-hybridized carbons (Fsp3) is 0.375. The molecule has 7 nitrogen and oxygen atoms in total. The summed E-state index contributed by atoms with van der Waals surface area (Å²) in [7, 11) is 0. The van der Waals surface area contributed by atoms with Gasteiger partial charge in [0.2, 0.25) is 0 Å². The van der Waals surface area contributed by atoms with Crippen LogP contribution in [0.25, 0.3) is 6.08 Å². The average molecular weight is 320 g/mol. The first kappa shape index (κ1) is 15.7. The Balaban J connectivity index is 1.99. The Hall–Kier alpha value is -2.22. The molecule has 1 aromatic carbocycles. The summed E-state index contributed by atoms with van der Waals surface area (Å²) < 4.78 is 10.2. The molecule has 0 saturated heterocycles. The van der Waals surface area contributed by atoms with Crippen molar-refractivity contribution in [2.24, 2.45) is 0 Å². The molecule has 2 atom stereocenters. The molecule has 0 unspecified atom stereocenters. The molecule has 3 N–H and O–H groups in total. The molecule has 6 rings (SSSR count). The van der Waals surface area contributed by atoms with E-state index in [1.54, 1.807) is 12.1 Å². The van der Waals surface area contributed by atoms with Gasteiger partial charge in [-0.15, -0.1) is 0 Å². The van der Waals surface area contributed by atoms with Gasteiger partial charge >= 0.3 is 11.9 Å². The first-order valence-electron chi connectivity index (χ1n) is 7.17. The molecule has 4 bridgehead atoms. The Bertz CT molecular complexity index is 637. The van der Waals surface area contributed by atoms with Crippen molar-refractivity contribution in [2.75, 3.05) is 0 Å². The maximum Gasteiger partial charge on any atom is 0.343 e. The molecule has 1 fully saturated rings. The van der Waals surface area contributed by atoms with Gasteiger partial charge in [-0.3, -0.25) is 0 Å². The topological polar surface area (TPSA) is 113 Å². The van der Waals surface area contributed by atoms with E-state index in [4.69, 9.17) is 9.47 Å². The maximum atomic E-state index is 12.2. The molecule has 0 aromatic heterocycles. The summed E-state index contributed by atoms with van der Waals surface area (Å²) in [4.78, 5) is 24.0. The fourth-order valence-corrected chi connectivity index (χ4v) is 2.77. The number of aliphatic hydroxyl groups excluding tert-OH is 2. The van der Waals surface area contributed by atoms with Crippen LogP contribution < -0.4 is 4.74 Å². The minimum atomic E-state index is -2.06. The quantitative estimate of drug-likeness (QED) is 0.447. The molecular weight excluding hydrogens is 304 g/mol. The van der Waals surface area contributed by atoms with E-state index in [0.717, 1.165) is 0 Å². The van der Waals surface area contributed by atoms with Crippen LogP contribution in [0.5, 0.6) is 5.75 Å². The van der Waals surface area contributed by atoms with Crippen LogP contribution >= 0.6 is 0 Å². The van der Waals surface area contributed by atoms with Gasteiger partial charge in [0.25, 0.3) is 0 Å². The highest BCUT2D eigenvalue weighted by Crippen LogP contribution is 2.32. The summed E-state index contributed by atoms with van der Waals surface area (Å²) in [5.41, 5.74) is -1.39. The predicted molar refractivity (Wildman–Crippen MR) is 77.2 cm³/mol. The zero-order chi connectivity index (χ0) is 16.6. The first-order chi connectivity index (χ1) is 10.9. The number of carbonyl (C=O) groups excluding carboxylic acids is 2. The molecule has 0 amide bonds. The van der Waals surface area contributed by atoms with Crippen molar-refractivity contribution in [2.45, 2.75) is 36.8 Å². The van der Waals surface area contributed by atoms with E-state index < -0.39 is 48.7 Å². The monoisotopic (exact) mass is 320 g/mol. The van der Waals surface area contributed by atoms with Crippen molar-refractivity contribution in [3.05, 3.63) is 35.9 Å². The van der Waals surface area contributed by atoms with E-state index in [2.05, 4.69) is 0 Å². The molecular formula is C16H16O7. The number of rotatable bonds is 0. The van der Waals surface area contributed by atoms with Gasteiger partial charge in [0.05, 0.1) is 12.2 Å². The lowest BCUT2D eigenvalue weighted by Gasteiger charge is -2.39. The maximum absolute atomic E-state index is 12.2. The van der Waals surface area contributed by atoms with Gasteiger partial charge in [0, 0.05) is 18.9 Å². The number of esters is 2. The van der Waals surface area contributed by atoms with Crippen molar-refractivity contribution >= 4 is 18.0 Å². The fourth-order valence-electron chi connectivity index (χ4n) is 2.77. The number of carbonyl (C=O) groups is 2. The zero-order valence-electron chi connectivity index (χ0n) is 12.1. The van der Waals surface area contributed by atoms with Crippen LogP contribution in [-0.2, 0) is 14.3 Å². The van der Waals surface area contributed by atoms with Gasteiger partial charge in [0.1, 0.15) is 5.75 Å². The second-order valence-corrected chi connectivity index (χ2v) is 5.77. The van der Waals surface area contributed by atoms with E-state index in [9.17, 15) is 24.9 Å². The SMILES string of the molecule is O=C1/C=C\c2ccc(cc2)OC(=O)C2(O)C[C@@H](O)C(O1)[C@H](O)C2. The summed E-state index contributed by atoms with van der Waals surface area (Å²) >= 11 is 0. The highest BCUT2D eigenvalue weighted by Gasteiger charge is 2.51. The number of ether oxygens (including phenoxy) is 2. The summed E-state index contributed by atoms with van der Waals surface area (Å²) in [5.74, 6) is -1.49. The summed E-state index contributed by atoms with van der Waals surface area (Å²) in [5, 5.41) is 30.5. The van der Waals surface area contributed by atoms with Gasteiger partial charge in [-0.25, -0.2) is 9.59 Å². The Morgan fingerprint density at radius 1 is 1.00 bits per heavy atom. The Morgan fingerprint density at radius 3 is 2.22 bits per heavy atom. The third kappa shape index (κ3) is 3.12. The molecule has 5 aliphatic rings. The lowest BCUT2D eigenvalue weighted by atomic mass is 9.79. The van der Waals surface area contributed by atoms with E-state index in [-0.39, 0.29) is 5.75 Å². The average Bonchev–Trinajstić information content (AvgIpc) is 2.49. The minimum Gasteiger partial charge on any atom is -0.454 e. The van der Waals surface area contributed by atoms with Crippen LogP contribution in [0.2, 0.25) is 0 Å². The molecule has 4 heterocycles. The van der Waals surface area contributed by atoms with Crippen LogP contribution in [-0.4, -0.2) is 51.2 Å². The highest BCUT2D eigenvalue weighted by atomic mass is 16.6. The van der Waals surface area contributed by atoms with Gasteiger partial charge in [-0.2, -0.15) is 0 Å². The van der Waals surface area contributed by atoms with Gasteiger partial charge < -0.3 is 24.8 Å². The normalized spacial score (nSPS) is 35.3. The lowest BCUT2D eigenvalue weighted by Crippen LogP contribution is -2.58. The standard InChI is InChI=1S/C16H16O7/c17-11-7-16(21)8-12(18)14(11)23-13(19)6-3-9-1-4-10(5-2-9)22-15(16)20/h1-6,11-12,14,17-18,21H,7-8H2/b6-3-/t11-,12-,14?,16?/m1/s1. The van der Waals surface area contributed by atoms with E-state index in [1.807, 2.05) is 0 Å². The van der Waals surface area contributed by atoms with Crippen molar-refractivity contribution < 1.29 is 34.4 Å². The second kappa shape index (κ2) is 5.77. The number of aliphatic hydroxyl groups is 3. The molecule has 1 aromatic rings. The summed E-state index contributed by atoms with van der Waals surface area (Å²) in [6.07, 6.45) is -2.13. The lowest BCUT2D eigenvalue weighted by molar-refractivity contribution is -0.195. The third-order valence-corrected chi connectivity index (χ3v) is 3.99. The Kier molecular flexibility index (Phi) is 3.93. The second-order valence-electron chi connectivity index (χ2n) is 5.77. The first-order valence-corrected chi connectivity index (χ1v) is 7.17. The van der Waals surface area contributed by atoms with Crippen LogP contribution in [0, 0.1) is 0 Å². The van der Waals surface area contributed by atoms with Crippen molar-refractivity contribution in [1.82, 2.24) is 0 Å². The van der Waals surface area contributed by atoms with Gasteiger partial charge in [0.15, 0.2) is 11.7 Å². The van der Waals surface area contributed by atoms with E-state index in [1.165, 1.54) is 24.3 Å². The Labute approximate surface area is 131 Å². The minimum absolute atomic E-state index is 0.214. The molecule has 23 heavy (non-hydrogen) atoms. The number of hydrogen-bond donors (Lipinski definition) is 3. The van der Waals surface area contributed by atoms with Gasteiger partial charge in [-0.1, -0.05) is 12.1 Å². The molecule has 122 valence electrons. The molecule has 7 heteroatoms. The molecule has 4 aliphatic heterocycles. The summed E-state index contributed by atoms with van der Waals surface area (Å²) in [6, 6.07) is 6.28. The van der Waals surface area contributed by atoms with Crippen molar-refractivity contribution in [1.29, 1.82) is 0 Å². The smallest absolute Gasteiger partial charge is 0.343 e. The van der Waals surface area contributed by atoms with Crippen LogP contribution in [0.1, 0.15) is 18.4 Å². The largest absolute Gasteiger partial charge is 0.454 e. The van der Waals surface area contributed by atoms with Crippen LogP contribution in [0.3, 0.4) is 0 Å². The van der Waals surface area contributed by atoms with E-state index in [0.29, 0.717) is 5.56 Å². The number of hydrogen-bond acceptors (Lipinski definition) is 7. The molecule has 0 spiro atoms. The number of benzene rings is 1. The summed E-state index contributed by atoms with van der Waals surface area (Å²) in [6.45, 7) is 0. The Morgan fingerprint density at radius 2 is 1.61 bits per heavy atom. The van der Waals surface area contributed by atoms with Crippen LogP contribution in [0.15, 0.2) is 30.3 Å². The van der Waals surface area contributed by atoms with Crippen molar-refractivity contribution in [3.8, 4) is 5.75 Å². The predicted octanol–water partition coefficient (Wildman–Crippen LogP) is -0.223. The van der Waals surface area contributed by atoms with Gasteiger partial charge in [-0.05, 0) is 23.8 Å². The van der Waals surface area contributed by atoms with Crippen LogP contribution in [0.4, 0.5) is 0 Å². The highest BCUT2D eigenvalue weighted by molar-refractivity contribution is 5.87. The third-order valence-electron chi connectivity index (χ3n) is 3.99. The molecule has 0 radical (unpaired) electrons. The molecule has 1 saturated carbocycles. The molecule has 1 aliphatic carbocycles.